The van der Waals surface area contributed by atoms with E-state index in [1.807, 2.05) is 37.3 Å². The number of carbonyl (C=O) groups excluding carboxylic acids is 1. The summed E-state index contributed by atoms with van der Waals surface area (Å²) in [6.45, 7) is 1.98. The summed E-state index contributed by atoms with van der Waals surface area (Å²) >= 11 is 5.58. The lowest BCUT2D eigenvalue weighted by atomic mass is 10.1. The van der Waals surface area contributed by atoms with Crippen molar-refractivity contribution in [2.75, 3.05) is 12.4 Å². The molecule has 104 valence electrons. The molecule has 5 heteroatoms. The molecule has 0 aliphatic rings. The first-order valence-electron chi connectivity index (χ1n) is 5.93. The molecule has 0 atom stereocenters. The number of rotatable bonds is 3. The first-order valence-corrected chi connectivity index (χ1v) is 7.80. The molecule has 20 heavy (non-hydrogen) atoms. The van der Waals surface area contributed by atoms with Crippen LogP contribution in [0.3, 0.4) is 0 Å². The topological polar surface area (TPSA) is 38.3 Å². The highest BCUT2D eigenvalue weighted by atomic mass is 127. The molecule has 0 unspecified atom stereocenters. The molecular weight excluding hydrogens is 433 g/mol. The molecular formula is C15H13BrINO2. The summed E-state index contributed by atoms with van der Waals surface area (Å²) in [6.07, 6.45) is 0. The Balaban J connectivity index is 2.32. The second-order valence-corrected chi connectivity index (χ2v) is 6.23. The van der Waals surface area contributed by atoms with Crippen LogP contribution in [0.25, 0.3) is 0 Å². The third-order valence-electron chi connectivity index (χ3n) is 2.85. The molecule has 0 bridgehead atoms. The van der Waals surface area contributed by atoms with Crippen LogP contribution < -0.4 is 10.1 Å². The molecule has 1 N–H and O–H groups in total. The Morgan fingerprint density at radius 3 is 2.75 bits per heavy atom. The molecule has 0 saturated carbocycles. The molecule has 0 aliphatic heterocycles. The summed E-state index contributed by atoms with van der Waals surface area (Å²) in [5.41, 5.74) is 2.39. The van der Waals surface area contributed by atoms with Gasteiger partial charge in [-0.25, -0.2) is 0 Å². The predicted octanol–water partition coefficient (Wildman–Crippen LogP) is 4.62. The number of hydrogen-bond acceptors (Lipinski definition) is 2. The quantitative estimate of drug-likeness (QED) is 0.700. The molecule has 0 aliphatic carbocycles. The molecule has 0 aromatic heterocycles. The maximum Gasteiger partial charge on any atom is 0.256 e. The van der Waals surface area contributed by atoms with E-state index in [1.165, 1.54) is 0 Å². The number of amides is 1. The van der Waals surface area contributed by atoms with Gasteiger partial charge in [0.25, 0.3) is 5.91 Å². The molecule has 0 fully saturated rings. The van der Waals surface area contributed by atoms with E-state index in [2.05, 4.69) is 43.8 Å². The lowest BCUT2D eigenvalue weighted by molar-refractivity contribution is 0.102. The Hall–Kier alpha value is -1.08. The Morgan fingerprint density at radius 1 is 1.30 bits per heavy atom. The van der Waals surface area contributed by atoms with E-state index in [4.69, 9.17) is 4.74 Å². The van der Waals surface area contributed by atoms with Gasteiger partial charge in [-0.3, -0.25) is 4.79 Å². The van der Waals surface area contributed by atoms with E-state index >= 15 is 0 Å². The van der Waals surface area contributed by atoms with Crippen molar-refractivity contribution in [3.8, 4) is 5.75 Å². The lowest BCUT2D eigenvalue weighted by Crippen LogP contribution is -2.14. The normalized spacial score (nSPS) is 10.2. The zero-order valence-electron chi connectivity index (χ0n) is 11.0. The molecule has 2 rings (SSSR count). The van der Waals surface area contributed by atoms with Crippen LogP contribution in [0, 0.1) is 10.5 Å². The number of methoxy groups -OCH3 is 1. The first kappa shape index (κ1) is 15.3. The Morgan fingerprint density at radius 2 is 2.05 bits per heavy atom. The standard InChI is InChI=1S/C15H13BrINO2/c1-9-4-3-5-11(14(9)17)15(19)18-12-8-10(16)6-7-13(12)20-2/h3-8H,1-2H3,(H,18,19). The van der Waals surface area contributed by atoms with Crippen molar-refractivity contribution >= 4 is 50.1 Å². The minimum absolute atomic E-state index is 0.144. The highest BCUT2D eigenvalue weighted by Crippen LogP contribution is 2.29. The van der Waals surface area contributed by atoms with Gasteiger partial charge in [-0.1, -0.05) is 28.1 Å². The summed E-state index contributed by atoms with van der Waals surface area (Å²) in [5.74, 6) is 0.485. The minimum Gasteiger partial charge on any atom is -0.495 e. The highest BCUT2D eigenvalue weighted by molar-refractivity contribution is 14.1. The summed E-state index contributed by atoms with van der Waals surface area (Å²) in [6, 6.07) is 11.2. The van der Waals surface area contributed by atoms with Crippen LogP contribution in [0.4, 0.5) is 5.69 Å². The van der Waals surface area contributed by atoms with Gasteiger partial charge in [-0.2, -0.15) is 0 Å². The zero-order valence-corrected chi connectivity index (χ0v) is 14.8. The van der Waals surface area contributed by atoms with Crippen molar-refractivity contribution in [3.05, 3.63) is 55.6 Å². The fourth-order valence-electron chi connectivity index (χ4n) is 1.79. The fraction of sp³-hybridized carbons (Fsp3) is 0.133. The van der Waals surface area contributed by atoms with Gasteiger partial charge in [0.1, 0.15) is 5.75 Å². The second kappa shape index (κ2) is 6.58. The maximum absolute atomic E-state index is 12.4. The van der Waals surface area contributed by atoms with E-state index in [0.717, 1.165) is 13.6 Å². The van der Waals surface area contributed by atoms with Crippen molar-refractivity contribution in [1.82, 2.24) is 0 Å². The van der Waals surface area contributed by atoms with Crippen molar-refractivity contribution in [3.63, 3.8) is 0 Å². The van der Waals surface area contributed by atoms with E-state index in [-0.39, 0.29) is 5.91 Å². The van der Waals surface area contributed by atoms with Crippen LogP contribution in [0.15, 0.2) is 40.9 Å². The third kappa shape index (κ3) is 3.32. The number of halogens is 2. The fourth-order valence-corrected chi connectivity index (χ4v) is 2.76. The Labute approximate surface area is 140 Å². The number of nitrogens with one attached hydrogen (secondary N) is 1. The zero-order chi connectivity index (χ0) is 14.7. The summed E-state index contributed by atoms with van der Waals surface area (Å²) in [7, 11) is 1.58. The Bertz CT molecular complexity index is 658. The van der Waals surface area contributed by atoms with Crippen LogP contribution in [0.1, 0.15) is 15.9 Å². The second-order valence-electron chi connectivity index (χ2n) is 4.24. The molecule has 2 aromatic carbocycles. The van der Waals surface area contributed by atoms with Crippen molar-refractivity contribution in [2.45, 2.75) is 6.92 Å². The largest absolute Gasteiger partial charge is 0.495 e. The molecule has 0 radical (unpaired) electrons. The van der Waals surface area contributed by atoms with E-state index < -0.39 is 0 Å². The smallest absolute Gasteiger partial charge is 0.256 e. The number of aryl methyl sites for hydroxylation is 1. The van der Waals surface area contributed by atoms with Crippen LogP contribution in [0.5, 0.6) is 5.75 Å². The summed E-state index contributed by atoms with van der Waals surface area (Å²) in [4.78, 5) is 12.4. The van der Waals surface area contributed by atoms with Gasteiger partial charge in [-0.05, 0) is 59.3 Å². The van der Waals surface area contributed by atoms with Crippen LogP contribution >= 0.6 is 38.5 Å². The number of hydrogen-bond donors (Lipinski definition) is 1. The van der Waals surface area contributed by atoms with Gasteiger partial charge in [0.05, 0.1) is 18.4 Å². The summed E-state index contributed by atoms with van der Waals surface area (Å²) < 4.78 is 7.09. The van der Waals surface area contributed by atoms with Gasteiger partial charge in [0.15, 0.2) is 0 Å². The van der Waals surface area contributed by atoms with Crippen molar-refractivity contribution in [1.29, 1.82) is 0 Å². The maximum atomic E-state index is 12.4. The molecule has 3 nitrogen and oxygen atoms in total. The first-order chi connectivity index (χ1) is 9.52. The van der Waals surface area contributed by atoms with Crippen LogP contribution in [-0.2, 0) is 0 Å². The van der Waals surface area contributed by atoms with Crippen LogP contribution in [-0.4, -0.2) is 13.0 Å². The molecule has 2 aromatic rings. The number of anilines is 1. The molecule has 0 saturated heterocycles. The number of benzene rings is 2. The SMILES string of the molecule is COc1ccc(Br)cc1NC(=O)c1cccc(C)c1I. The van der Waals surface area contributed by atoms with Gasteiger partial charge in [0.2, 0.25) is 0 Å². The molecule has 0 heterocycles. The number of carbonyl (C=O) groups is 1. The summed E-state index contributed by atoms with van der Waals surface area (Å²) in [5, 5.41) is 2.89. The molecule has 0 spiro atoms. The lowest BCUT2D eigenvalue weighted by Gasteiger charge is -2.12. The van der Waals surface area contributed by atoms with E-state index in [9.17, 15) is 4.79 Å². The highest BCUT2D eigenvalue weighted by Gasteiger charge is 2.13. The van der Waals surface area contributed by atoms with E-state index in [1.54, 1.807) is 13.2 Å². The minimum atomic E-state index is -0.144. The van der Waals surface area contributed by atoms with Crippen LogP contribution in [0.2, 0.25) is 0 Å². The predicted molar refractivity (Wildman–Crippen MR) is 92.5 cm³/mol. The monoisotopic (exact) mass is 445 g/mol. The van der Waals surface area contributed by atoms with Gasteiger partial charge in [0, 0.05) is 8.04 Å². The third-order valence-corrected chi connectivity index (χ3v) is 4.77. The Kier molecular flexibility index (Phi) is 5.04. The van der Waals surface area contributed by atoms with Crippen molar-refractivity contribution < 1.29 is 9.53 Å². The van der Waals surface area contributed by atoms with Gasteiger partial charge >= 0.3 is 0 Å². The average molecular weight is 446 g/mol. The van der Waals surface area contributed by atoms with Crippen molar-refractivity contribution in [2.24, 2.45) is 0 Å². The number of ether oxygens (including phenoxy) is 1. The average Bonchev–Trinajstić information content (AvgIpc) is 2.42. The van der Waals surface area contributed by atoms with Gasteiger partial charge in [-0.15, -0.1) is 0 Å². The van der Waals surface area contributed by atoms with E-state index in [0.29, 0.717) is 17.0 Å². The van der Waals surface area contributed by atoms with Gasteiger partial charge < -0.3 is 10.1 Å². The molecule has 1 amide bonds.